The van der Waals surface area contributed by atoms with Gasteiger partial charge in [0.25, 0.3) is 0 Å². The molecule has 0 aliphatic carbocycles. The lowest BCUT2D eigenvalue weighted by Gasteiger charge is -2.24. The molecule has 2 saturated heterocycles. The zero-order chi connectivity index (χ0) is 9.54. The third-order valence-corrected chi connectivity index (χ3v) is 4.34. The molecule has 14 heavy (non-hydrogen) atoms. The van der Waals surface area contributed by atoms with Gasteiger partial charge in [0.05, 0.1) is 6.10 Å². The zero-order valence-corrected chi connectivity index (χ0v) is 8.83. The smallest absolute Gasteiger partial charge is 0.0841 e. The van der Waals surface area contributed by atoms with Crippen molar-refractivity contribution in [1.82, 2.24) is 5.32 Å². The molecule has 4 atom stereocenters. The first kappa shape index (κ1) is 8.89. The fourth-order valence-corrected chi connectivity index (χ4v) is 3.60. The van der Waals surface area contributed by atoms with Crippen LogP contribution in [-0.4, -0.2) is 17.2 Å². The van der Waals surface area contributed by atoms with E-state index in [1.54, 1.807) is 11.3 Å². The lowest BCUT2D eigenvalue weighted by Crippen LogP contribution is -2.27. The van der Waals surface area contributed by atoms with Gasteiger partial charge in [0.1, 0.15) is 0 Å². The molecule has 2 nitrogen and oxygen atoms in total. The maximum absolute atomic E-state index is 10.2. The summed E-state index contributed by atoms with van der Waals surface area (Å²) in [5.74, 6) is 0.448. The van der Waals surface area contributed by atoms with Crippen molar-refractivity contribution < 1.29 is 5.11 Å². The topological polar surface area (TPSA) is 32.3 Å². The molecule has 3 rings (SSSR count). The SMILES string of the molecule is OC(c1ccsc1)C1CC2CCC1N2. The summed E-state index contributed by atoms with van der Waals surface area (Å²) < 4.78 is 0. The Morgan fingerprint density at radius 2 is 2.43 bits per heavy atom. The normalized spacial score (nSPS) is 37.6. The highest BCUT2D eigenvalue weighted by atomic mass is 32.1. The van der Waals surface area contributed by atoms with Crippen LogP contribution in [0.2, 0.25) is 0 Å². The Morgan fingerprint density at radius 3 is 3.00 bits per heavy atom. The largest absolute Gasteiger partial charge is 0.388 e. The molecule has 0 amide bonds. The Bertz CT molecular complexity index is 311. The van der Waals surface area contributed by atoms with Crippen molar-refractivity contribution in [3.63, 3.8) is 0 Å². The van der Waals surface area contributed by atoms with Gasteiger partial charge in [0.2, 0.25) is 0 Å². The van der Waals surface area contributed by atoms with Gasteiger partial charge in [-0.1, -0.05) is 0 Å². The molecule has 2 aliphatic rings. The van der Waals surface area contributed by atoms with Gasteiger partial charge in [-0.05, 0) is 41.7 Å². The summed E-state index contributed by atoms with van der Waals surface area (Å²) in [6, 6.07) is 3.29. The van der Waals surface area contributed by atoms with Crippen LogP contribution in [0.25, 0.3) is 0 Å². The average molecular weight is 209 g/mol. The summed E-state index contributed by atoms with van der Waals surface area (Å²) in [6.45, 7) is 0. The summed E-state index contributed by atoms with van der Waals surface area (Å²) in [7, 11) is 0. The van der Waals surface area contributed by atoms with Crippen LogP contribution in [0.15, 0.2) is 16.8 Å². The van der Waals surface area contributed by atoms with Gasteiger partial charge in [0, 0.05) is 18.0 Å². The van der Waals surface area contributed by atoms with Crippen molar-refractivity contribution in [3.8, 4) is 0 Å². The predicted molar refractivity (Wildman–Crippen MR) is 57.3 cm³/mol. The van der Waals surface area contributed by atoms with E-state index in [4.69, 9.17) is 0 Å². The number of thiophene rings is 1. The summed E-state index contributed by atoms with van der Waals surface area (Å²) in [5.41, 5.74) is 1.11. The summed E-state index contributed by atoms with van der Waals surface area (Å²) in [5, 5.41) is 17.9. The molecule has 2 fully saturated rings. The molecule has 4 unspecified atom stereocenters. The minimum Gasteiger partial charge on any atom is -0.388 e. The summed E-state index contributed by atoms with van der Waals surface area (Å²) in [6.07, 6.45) is 3.46. The molecular formula is C11H15NOS. The Morgan fingerprint density at radius 1 is 1.50 bits per heavy atom. The van der Waals surface area contributed by atoms with Crippen LogP contribution in [0.1, 0.15) is 30.9 Å². The zero-order valence-electron chi connectivity index (χ0n) is 8.02. The van der Waals surface area contributed by atoms with Gasteiger partial charge in [-0.15, -0.1) is 0 Å². The monoisotopic (exact) mass is 209 g/mol. The molecule has 0 spiro atoms. The van der Waals surface area contributed by atoms with Crippen LogP contribution in [0.3, 0.4) is 0 Å². The second-order valence-corrected chi connectivity index (χ2v) is 5.23. The van der Waals surface area contributed by atoms with E-state index < -0.39 is 0 Å². The first-order chi connectivity index (χ1) is 6.84. The summed E-state index contributed by atoms with van der Waals surface area (Å²) >= 11 is 1.67. The van der Waals surface area contributed by atoms with Gasteiger partial charge in [0.15, 0.2) is 0 Å². The van der Waals surface area contributed by atoms with Gasteiger partial charge in [-0.3, -0.25) is 0 Å². The van der Waals surface area contributed by atoms with Gasteiger partial charge in [-0.25, -0.2) is 0 Å². The van der Waals surface area contributed by atoms with Crippen molar-refractivity contribution >= 4 is 11.3 Å². The first-order valence-corrected chi connectivity index (χ1v) is 6.25. The van der Waals surface area contributed by atoms with E-state index in [0.717, 1.165) is 12.0 Å². The van der Waals surface area contributed by atoms with Crippen LogP contribution in [-0.2, 0) is 0 Å². The van der Waals surface area contributed by atoms with Gasteiger partial charge in [-0.2, -0.15) is 11.3 Å². The van der Waals surface area contributed by atoms with E-state index in [2.05, 4.69) is 10.7 Å². The lowest BCUT2D eigenvalue weighted by atomic mass is 9.83. The number of nitrogens with one attached hydrogen (secondary N) is 1. The second kappa shape index (κ2) is 3.33. The fourth-order valence-electron chi connectivity index (χ4n) is 2.91. The molecule has 3 heterocycles. The third-order valence-electron chi connectivity index (χ3n) is 3.64. The van der Waals surface area contributed by atoms with Crippen LogP contribution in [0, 0.1) is 5.92 Å². The number of aliphatic hydroxyl groups is 1. The standard InChI is InChI=1S/C11H15NOS/c13-11(7-3-4-14-6-7)9-5-8-1-2-10(9)12-8/h3-4,6,8-13H,1-2,5H2. The highest BCUT2D eigenvalue weighted by Gasteiger charge is 2.42. The molecule has 0 radical (unpaired) electrons. The van der Waals surface area contributed by atoms with Crippen LogP contribution >= 0.6 is 11.3 Å². The van der Waals surface area contributed by atoms with E-state index in [-0.39, 0.29) is 6.10 Å². The molecule has 0 saturated carbocycles. The molecule has 76 valence electrons. The molecule has 1 aromatic rings. The Hall–Kier alpha value is -0.380. The summed E-state index contributed by atoms with van der Waals surface area (Å²) in [4.78, 5) is 0. The van der Waals surface area contributed by atoms with E-state index in [1.165, 1.54) is 12.8 Å². The van der Waals surface area contributed by atoms with E-state index >= 15 is 0 Å². The number of hydrogen-bond donors (Lipinski definition) is 2. The van der Waals surface area contributed by atoms with Crippen LogP contribution in [0.4, 0.5) is 0 Å². The van der Waals surface area contributed by atoms with Gasteiger partial charge >= 0.3 is 0 Å². The lowest BCUT2D eigenvalue weighted by molar-refractivity contribution is 0.0934. The van der Waals surface area contributed by atoms with Crippen molar-refractivity contribution in [2.75, 3.05) is 0 Å². The molecule has 3 heteroatoms. The number of fused-ring (bicyclic) bond motifs is 2. The van der Waals surface area contributed by atoms with Crippen molar-refractivity contribution in [3.05, 3.63) is 22.4 Å². The maximum Gasteiger partial charge on any atom is 0.0841 e. The minimum absolute atomic E-state index is 0.246. The van der Waals surface area contributed by atoms with E-state index in [1.807, 2.05) is 11.4 Å². The van der Waals surface area contributed by atoms with Crippen molar-refractivity contribution in [2.45, 2.75) is 37.5 Å². The number of aliphatic hydroxyl groups excluding tert-OH is 1. The average Bonchev–Trinajstić information content (AvgIpc) is 2.93. The third kappa shape index (κ3) is 1.31. The molecule has 0 aromatic carbocycles. The number of rotatable bonds is 2. The van der Waals surface area contributed by atoms with E-state index in [9.17, 15) is 5.11 Å². The predicted octanol–water partition coefficient (Wildman–Crippen LogP) is 1.92. The highest BCUT2D eigenvalue weighted by Crippen LogP contribution is 2.40. The maximum atomic E-state index is 10.2. The molecule has 1 aromatic heterocycles. The molecule has 2 aliphatic heterocycles. The molecular weight excluding hydrogens is 194 g/mol. The molecule has 2 bridgehead atoms. The van der Waals surface area contributed by atoms with Crippen molar-refractivity contribution in [2.24, 2.45) is 5.92 Å². The first-order valence-electron chi connectivity index (χ1n) is 5.31. The van der Waals surface area contributed by atoms with E-state index in [0.29, 0.717) is 18.0 Å². The Kier molecular flexibility index (Phi) is 2.11. The van der Waals surface area contributed by atoms with Crippen LogP contribution < -0.4 is 5.32 Å². The minimum atomic E-state index is -0.246. The quantitative estimate of drug-likeness (QED) is 0.780. The molecule has 2 N–H and O–H groups in total. The second-order valence-electron chi connectivity index (χ2n) is 4.45. The van der Waals surface area contributed by atoms with Gasteiger partial charge < -0.3 is 10.4 Å². The highest BCUT2D eigenvalue weighted by molar-refractivity contribution is 7.07. The van der Waals surface area contributed by atoms with Crippen molar-refractivity contribution in [1.29, 1.82) is 0 Å². The fraction of sp³-hybridized carbons (Fsp3) is 0.636. The van der Waals surface area contributed by atoms with Crippen LogP contribution in [0.5, 0.6) is 0 Å². The Balaban J connectivity index is 1.77. The Labute approximate surface area is 88.0 Å². The number of hydrogen-bond acceptors (Lipinski definition) is 3.